The molecule has 2 aromatic rings. The molecule has 9 nitrogen and oxygen atoms in total. The number of rotatable bonds is 6. The summed E-state index contributed by atoms with van der Waals surface area (Å²) in [7, 11) is 0. The first-order chi connectivity index (χ1) is 14.4. The SMILES string of the molecule is C[C@@H]1CCCN1C(=O)N(Cc1cc(F)ccc1-n1cnnn1)C(=O)[C@H](N)CC1CC1. The normalized spacial score (nSPS) is 19.7. The number of nitrogens with two attached hydrogens (primary N) is 1. The van der Waals surface area contributed by atoms with Crippen LogP contribution < -0.4 is 5.73 Å². The van der Waals surface area contributed by atoms with Crippen LogP contribution in [0.4, 0.5) is 9.18 Å². The first-order valence-corrected chi connectivity index (χ1v) is 10.3. The van der Waals surface area contributed by atoms with E-state index in [2.05, 4.69) is 15.5 Å². The van der Waals surface area contributed by atoms with Gasteiger partial charge in [0.25, 0.3) is 0 Å². The van der Waals surface area contributed by atoms with Gasteiger partial charge in [0, 0.05) is 18.2 Å². The fraction of sp³-hybridized carbons (Fsp3) is 0.550. The fourth-order valence-electron chi connectivity index (χ4n) is 3.97. The monoisotopic (exact) mass is 415 g/mol. The predicted octanol–water partition coefficient (Wildman–Crippen LogP) is 1.86. The number of likely N-dealkylation sites (tertiary alicyclic amines) is 1. The summed E-state index contributed by atoms with van der Waals surface area (Å²) in [6.07, 6.45) is 5.83. The van der Waals surface area contributed by atoms with Crippen LogP contribution in [0.5, 0.6) is 0 Å². The van der Waals surface area contributed by atoms with Crippen molar-refractivity contribution in [3.8, 4) is 5.69 Å². The molecule has 1 saturated heterocycles. The summed E-state index contributed by atoms with van der Waals surface area (Å²) >= 11 is 0. The summed E-state index contributed by atoms with van der Waals surface area (Å²) in [4.78, 5) is 29.4. The van der Waals surface area contributed by atoms with Crippen molar-refractivity contribution in [1.82, 2.24) is 30.0 Å². The number of nitrogens with zero attached hydrogens (tertiary/aromatic N) is 6. The van der Waals surface area contributed by atoms with E-state index in [1.165, 1.54) is 29.2 Å². The molecule has 1 aromatic heterocycles. The summed E-state index contributed by atoms with van der Waals surface area (Å²) in [5, 5.41) is 11.1. The summed E-state index contributed by atoms with van der Waals surface area (Å²) < 4.78 is 15.4. The maximum absolute atomic E-state index is 14.1. The average molecular weight is 415 g/mol. The highest BCUT2D eigenvalue weighted by molar-refractivity contribution is 5.97. The van der Waals surface area contributed by atoms with Gasteiger partial charge in [0.1, 0.15) is 12.1 Å². The van der Waals surface area contributed by atoms with Crippen LogP contribution in [-0.2, 0) is 11.3 Å². The quantitative estimate of drug-likeness (QED) is 0.771. The second-order valence-corrected chi connectivity index (χ2v) is 8.20. The van der Waals surface area contributed by atoms with Crippen molar-refractivity contribution in [2.45, 2.75) is 57.7 Å². The summed E-state index contributed by atoms with van der Waals surface area (Å²) in [5.41, 5.74) is 7.10. The maximum Gasteiger partial charge on any atom is 0.327 e. The Labute approximate surface area is 174 Å². The van der Waals surface area contributed by atoms with Gasteiger partial charge in [-0.05, 0) is 60.7 Å². The number of aromatic nitrogens is 4. The van der Waals surface area contributed by atoms with Gasteiger partial charge in [-0.3, -0.25) is 9.69 Å². The zero-order valence-corrected chi connectivity index (χ0v) is 16.9. The number of halogens is 1. The Balaban J connectivity index is 1.65. The van der Waals surface area contributed by atoms with Crippen LogP contribution in [0.2, 0.25) is 0 Å². The van der Waals surface area contributed by atoms with Crippen molar-refractivity contribution in [1.29, 1.82) is 0 Å². The smallest absolute Gasteiger partial charge is 0.322 e. The third-order valence-electron chi connectivity index (χ3n) is 5.86. The van der Waals surface area contributed by atoms with E-state index in [4.69, 9.17) is 5.73 Å². The Kier molecular flexibility index (Phi) is 5.76. The van der Waals surface area contributed by atoms with E-state index < -0.39 is 17.8 Å². The maximum atomic E-state index is 14.1. The molecule has 30 heavy (non-hydrogen) atoms. The van der Waals surface area contributed by atoms with Gasteiger partial charge in [-0.25, -0.2) is 13.9 Å². The van der Waals surface area contributed by atoms with Gasteiger partial charge in [-0.1, -0.05) is 12.8 Å². The minimum absolute atomic E-state index is 0.0407. The molecule has 1 aromatic carbocycles. The third kappa shape index (κ3) is 4.33. The molecule has 2 heterocycles. The molecular weight excluding hydrogens is 389 g/mol. The molecule has 1 saturated carbocycles. The Morgan fingerprint density at radius 2 is 2.13 bits per heavy atom. The summed E-state index contributed by atoms with van der Waals surface area (Å²) in [5.74, 6) is -0.464. The number of carbonyl (C=O) groups is 2. The molecule has 10 heteroatoms. The molecule has 3 amide bonds. The van der Waals surface area contributed by atoms with Gasteiger partial charge in [-0.15, -0.1) is 5.10 Å². The van der Waals surface area contributed by atoms with Gasteiger partial charge < -0.3 is 10.6 Å². The molecular formula is C20H26FN7O2. The number of imide groups is 1. The second kappa shape index (κ2) is 8.47. The van der Waals surface area contributed by atoms with Crippen molar-refractivity contribution >= 4 is 11.9 Å². The summed E-state index contributed by atoms with van der Waals surface area (Å²) in [6, 6.07) is 3.00. The van der Waals surface area contributed by atoms with Crippen LogP contribution in [0, 0.1) is 11.7 Å². The molecule has 2 N–H and O–H groups in total. The molecule has 0 bridgehead atoms. The highest BCUT2D eigenvalue weighted by Gasteiger charge is 2.36. The number of benzene rings is 1. The number of hydrogen-bond acceptors (Lipinski definition) is 6. The van der Waals surface area contributed by atoms with E-state index in [1.807, 2.05) is 6.92 Å². The Hall–Kier alpha value is -2.88. The number of urea groups is 1. The topological polar surface area (TPSA) is 110 Å². The second-order valence-electron chi connectivity index (χ2n) is 8.20. The van der Waals surface area contributed by atoms with Gasteiger partial charge in [0.05, 0.1) is 18.3 Å². The molecule has 0 unspecified atom stereocenters. The fourth-order valence-corrected chi connectivity index (χ4v) is 3.97. The molecule has 1 aliphatic carbocycles. The van der Waals surface area contributed by atoms with Crippen LogP contribution >= 0.6 is 0 Å². The van der Waals surface area contributed by atoms with Crippen molar-refractivity contribution in [2.75, 3.05) is 6.54 Å². The molecule has 2 atom stereocenters. The molecule has 0 radical (unpaired) electrons. The van der Waals surface area contributed by atoms with Crippen LogP contribution in [0.3, 0.4) is 0 Å². The minimum Gasteiger partial charge on any atom is -0.322 e. The van der Waals surface area contributed by atoms with E-state index in [9.17, 15) is 14.0 Å². The molecule has 160 valence electrons. The van der Waals surface area contributed by atoms with Crippen molar-refractivity contribution in [3.05, 3.63) is 35.9 Å². The largest absolute Gasteiger partial charge is 0.327 e. The van der Waals surface area contributed by atoms with E-state index in [0.717, 1.165) is 30.6 Å². The van der Waals surface area contributed by atoms with Gasteiger partial charge in [-0.2, -0.15) is 0 Å². The van der Waals surface area contributed by atoms with Crippen molar-refractivity contribution in [3.63, 3.8) is 0 Å². The third-order valence-corrected chi connectivity index (χ3v) is 5.86. The number of hydrogen-bond donors (Lipinski definition) is 1. The van der Waals surface area contributed by atoms with E-state index in [1.54, 1.807) is 4.90 Å². The lowest BCUT2D eigenvalue weighted by molar-refractivity contribution is -0.131. The van der Waals surface area contributed by atoms with Gasteiger partial charge >= 0.3 is 6.03 Å². The first-order valence-electron chi connectivity index (χ1n) is 10.3. The number of tetrazole rings is 1. The lowest BCUT2D eigenvalue weighted by Gasteiger charge is -2.31. The van der Waals surface area contributed by atoms with E-state index in [0.29, 0.717) is 30.1 Å². The predicted molar refractivity (Wildman–Crippen MR) is 106 cm³/mol. The molecule has 4 rings (SSSR count). The average Bonchev–Trinajstić information content (AvgIpc) is 3.18. The summed E-state index contributed by atoms with van der Waals surface area (Å²) in [6.45, 7) is 2.45. The zero-order valence-electron chi connectivity index (χ0n) is 16.9. The lowest BCUT2D eigenvalue weighted by Crippen LogP contribution is -2.52. The first kappa shape index (κ1) is 20.4. The van der Waals surface area contributed by atoms with E-state index in [-0.39, 0.29) is 18.6 Å². The highest BCUT2D eigenvalue weighted by atomic mass is 19.1. The van der Waals surface area contributed by atoms with Gasteiger partial charge in [0.15, 0.2) is 0 Å². The van der Waals surface area contributed by atoms with Crippen molar-refractivity contribution < 1.29 is 14.0 Å². The lowest BCUT2D eigenvalue weighted by atomic mass is 10.1. The molecule has 2 aliphatic rings. The van der Waals surface area contributed by atoms with Crippen LogP contribution in [0.1, 0.15) is 44.6 Å². The zero-order chi connectivity index (χ0) is 21.3. The molecule has 0 spiro atoms. The van der Waals surface area contributed by atoms with Crippen LogP contribution in [0.15, 0.2) is 24.5 Å². The van der Waals surface area contributed by atoms with Crippen LogP contribution in [-0.4, -0.2) is 60.6 Å². The Morgan fingerprint density at radius 3 is 2.77 bits per heavy atom. The Bertz CT molecular complexity index is 916. The van der Waals surface area contributed by atoms with Crippen molar-refractivity contribution in [2.24, 2.45) is 11.7 Å². The number of amides is 3. The minimum atomic E-state index is -0.760. The standard InChI is InChI=1S/C20H26FN7O2/c1-13-3-2-8-26(13)20(30)27(19(29)17(22)9-14-4-5-14)11-15-10-16(21)6-7-18(15)28-12-23-24-25-28/h6-7,10,12-14,17H,2-5,8-9,11,22H2,1H3/t13-,17-/m1/s1. The molecule has 2 fully saturated rings. The Morgan fingerprint density at radius 1 is 1.33 bits per heavy atom. The highest BCUT2D eigenvalue weighted by Crippen LogP contribution is 2.33. The molecule has 1 aliphatic heterocycles. The van der Waals surface area contributed by atoms with E-state index >= 15 is 0 Å². The number of carbonyl (C=O) groups excluding carboxylic acids is 2. The van der Waals surface area contributed by atoms with Crippen LogP contribution in [0.25, 0.3) is 5.69 Å². The van der Waals surface area contributed by atoms with Gasteiger partial charge in [0.2, 0.25) is 5.91 Å².